The molecule has 1 saturated carbocycles. The Morgan fingerprint density at radius 2 is 2.06 bits per heavy atom. The Hall–Kier alpha value is -1.30. The minimum Gasteiger partial charge on any atom is -0.271 e. The van der Waals surface area contributed by atoms with Gasteiger partial charge in [0, 0.05) is 17.9 Å². The molecule has 1 aromatic rings. The highest BCUT2D eigenvalue weighted by Crippen LogP contribution is 2.51. The average molecular weight is 214 g/mol. The molecular weight excluding hydrogens is 196 g/mol. The molecule has 0 saturated heterocycles. The van der Waals surface area contributed by atoms with Gasteiger partial charge in [0.15, 0.2) is 0 Å². The SMILES string of the molecule is C#CCCC(NN)C1(c2ccccc2)CC1. The molecule has 1 atom stereocenters. The van der Waals surface area contributed by atoms with E-state index in [2.05, 4.69) is 35.6 Å². The first-order valence-electron chi connectivity index (χ1n) is 5.78. The van der Waals surface area contributed by atoms with E-state index < -0.39 is 0 Å². The molecule has 0 radical (unpaired) electrons. The van der Waals surface area contributed by atoms with Crippen molar-refractivity contribution in [1.82, 2.24) is 5.43 Å². The van der Waals surface area contributed by atoms with Crippen molar-refractivity contribution in [2.75, 3.05) is 0 Å². The zero-order chi connectivity index (χ0) is 11.4. The van der Waals surface area contributed by atoms with E-state index in [1.807, 2.05) is 6.07 Å². The third-order valence-electron chi connectivity index (χ3n) is 3.58. The molecule has 2 rings (SSSR count). The second-order valence-electron chi connectivity index (χ2n) is 4.48. The minimum atomic E-state index is 0.229. The lowest BCUT2D eigenvalue weighted by molar-refractivity contribution is 0.403. The summed E-state index contributed by atoms with van der Waals surface area (Å²) in [4.78, 5) is 0. The van der Waals surface area contributed by atoms with Gasteiger partial charge in [-0.05, 0) is 24.8 Å². The highest BCUT2D eigenvalue weighted by molar-refractivity contribution is 5.33. The lowest BCUT2D eigenvalue weighted by Gasteiger charge is -2.26. The quantitative estimate of drug-likeness (QED) is 0.447. The van der Waals surface area contributed by atoms with Crippen LogP contribution in [0.2, 0.25) is 0 Å². The van der Waals surface area contributed by atoms with Gasteiger partial charge in [0.05, 0.1) is 0 Å². The van der Waals surface area contributed by atoms with Crippen molar-refractivity contribution in [2.24, 2.45) is 5.84 Å². The number of nitrogens with two attached hydrogens (primary N) is 1. The Labute approximate surface area is 97.2 Å². The van der Waals surface area contributed by atoms with Crippen LogP contribution in [0.4, 0.5) is 0 Å². The Kier molecular flexibility index (Phi) is 3.28. The van der Waals surface area contributed by atoms with E-state index >= 15 is 0 Å². The molecule has 1 aliphatic rings. The summed E-state index contributed by atoms with van der Waals surface area (Å²) in [6, 6.07) is 10.9. The third kappa shape index (κ3) is 1.97. The van der Waals surface area contributed by atoms with Crippen LogP contribution in [-0.2, 0) is 5.41 Å². The summed E-state index contributed by atoms with van der Waals surface area (Å²) in [5, 5.41) is 0. The zero-order valence-electron chi connectivity index (χ0n) is 9.45. The van der Waals surface area contributed by atoms with Gasteiger partial charge < -0.3 is 0 Å². The third-order valence-corrected chi connectivity index (χ3v) is 3.58. The molecule has 0 heterocycles. The van der Waals surface area contributed by atoms with Crippen LogP contribution in [-0.4, -0.2) is 6.04 Å². The van der Waals surface area contributed by atoms with Gasteiger partial charge in [-0.2, -0.15) is 0 Å². The van der Waals surface area contributed by atoms with Crippen LogP contribution >= 0.6 is 0 Å². The molecule has 3 N–H and O–H groups in total. The van der Waals surface area contributed by atoms with Crippen LogP contribution in [0, 0.1) is 12.3 Å². The lowest BCUT2D eigenvalue weighted by Crippen LogP contribution is -2.44. The summed E-state index contributed by atoms with van der Waals surface area (Å²) < 4.78 is 0. The maximum absolute atomic E-state index is 5.66. The van der Waals surface area contributed by atoms with Crippen molar-refractivity contribution < 1.29 is 0 Å². The number of benzene rings is 1. The summed E-state index contributed by atoms with van der Waals surface area (Å²) in [7, 11) is 0. The Balaban J connectivity index is 2.15. The van der Waals surface area contributed by atoms with E-state index in [0.717, 1.165) is 12.8 Å². The van der Waals surface area contributed by atoms with Crippen molar-refractivity contribution >= 4 is 0 Å². The standard InChI is InChI=1S/C14H18N2/c1-2-3-9-13(16-15)14(10-11-14)12-7-5-4-6-8-12/h1,4-8,13,16H,3,9-11,15H2. The van der Waals surface area contributed by atoms with E-state index in [9.17, 15) is 0 Å². The molecule has 1 aromatic carbocycles. The molecule has 1 aliphatic carbocycles. The fourth-order valence-electron chi connectivity index (χ4n) is 2.49. The largest absolute Gasteiger partial charge is 0.271 e. The molecule has 2 nitrogen and oxygen atoms in total. The van der Waals surface area contributed by atoms with Gasteiger partial charge in [0.25, 0.3) is 0 Å². The van der Waals surface area contributed by atoms with Gasteiger partial charge in [0.1, 0.15) is 0 Å². The smallest absolute Gasteiger partial charge is 0.0316 e. The Morgan fingerprint density at radius 3 is 2.56 bits per heavy atom. The molecule has 1 unspecified atom stereocenters. The molecule has 16 heavy (non-hydrogen) atoms. The number of hydrogen-bond acceptors (Lipinski definition) is 2. The number of terminal acetylenes is 1. The molecule has 1 fully saturated rings. The van der Waals surface area contributed by atoms with Crippen molar-refractivity contribution in [3.8, 4) is 12.3 Å². The Morgan fingerprint density at radius 1 is 1.38 bits per heavy atom. The highest BCUT2D eigenvalue weighted by atomic mass is 15.2. The maximum atomic E-state index is 5.66. The lowest BCUT2D eigenvalue weighted by atomic mass is 9.86. The first-order valence-corrected chi connectivity index (χ1v) is 5.78. The van der Waals surface area contributed by atoms with E-state index in [4.69, 9.17) is 12.3 Å². The van der Waals surface area contributed by atoms with Gasteiger partial charge in [-0.15, -0.1) is 12.3 Å². The predicted molar refractivity (Wildman–Crippen MR) is 66.5 cm³/mol. The monoisotopic (exact) mass is 214 g/mol. The van der Waals surface area contributed by atoms with Gasteiger partial charge in [0.2, 0.25) is 0 Å². The van der Waals surface area contributed by atoms with Crippen molar-refractivity contribution in [2.45, 2.75) is 37.1 Å². The van der Waals surface area contributed by atoms with Crippen LogP contribution in [0.5, 0.6) is 0 Å². The fraction of sp³-hybridized carbons (Fsp3) is 0.429. The molecule has 0 aliphatic heterocycles. The topological polar surface area (TPSA) is 38.0 Å². The normalized spacial score (nSPS) is 18.8. The van der Waals surface area contributed by atoms with Gasteiger partial charge in [-0.1, -0.05) is 30.3 Å². The highest BCUT2D eigenvalue weighted by Gasteiger charge is 2.49. The van der Waals surface area contributed by atoms with Gasteiger partial charge in [-0.3, -0.25) is 11.3 Å². The van der Waals surface area contributed by atoms with Crippen LogP contribution in [0.1, 0.15) is 31.2 Å². The van der Waals surface area contributed by atoms with Gasteiger partial charge >= 0.3 is 0 Å². The number of rotatable bonds is 5. The van der Waals surface area contributed by atoms with Crippen molar-refractivity contribution in [1.29, 1.82) is 0 Å². The zero-order valence-corrected chi connectivity index (χ0v) is 9.45. The van der Waals surface area contributed by atoms with E-state index in [1.165, 1.54) is 18.4 Å². The van der Waals surface area contributed by atoms with Crippen LogP contribution < -0.4 is 11.3 Å². The summed E-state index contributed by atoms with van der Waals surface area (Å²) >= 11 is 0. The van der Waals surface area contributed by atoms with Crippen molar-refractivity contribution in [3.63, 3.8) is 0 Å². The predicted octanol–water partition coefficient (Wildman–Crippen LogP) is 1.96. The molecular formula is C14H18N2. The maximum Gasteiger partial charge on any atom is 0.0316 e. The molecule has 0 bridgehead atoms. The minimum absolute atomic E-state index is 0.229. The molecule has 2 heteroatoms. The van der Waals surface area contributed by atoms with E-state index in [0.29, 0.717) is 6.04 Å². The van der Waals surface area contributed by atoms with Crippen LogP contribution in [0.3, 0.4) is 0 Å². The van der Waals surface area contributed by atoms with Crippen molar-refractivity contribution in [3.05, 3.63) is 35.9 Å². The van der Waals surface area contributed by atoms with E-state index in [1.54, 1.807) is 0 Å². The molecule has 84 valence electrons. The fourth-order valence-corrected chi connectivity index (χ4v) is 2.49. The summed E-state index contributed by atoms with van der Waals surface area (Å²) in [5.41, 5.74) is 4.56. The summed E-state index contributed by atoms with van der Waals surface area (Å²) in [6.07, 6.45) is 9.45. The molecule has 0 spiro atoms. The molecule has 0 amide bonds. The van der Waals surface area contributed by atoms with E-state index in [-0.39, 0.29) is 5.41 Å². The van der Waals surface area contributed by atoms with Crippen LogP contribution in [0.25, 0.3) is 0 Å². The van der Waals surface area contributed by atoms with Gasteiger partial charge in [-0.25, -0.2) is 0 Å². The second-order valence-corrected chi connectivity index (χ2v) is 4.48. The number of hydrogen-bond donors (Lipinski definition) is 2. The first-order chi connectivity index (χ1) is 7.83. The van der Waals surface area contributed by atoms with Crippen LogP contribution in [0.15, 0.2) is 30.3 Å². The summed E-state index contributed by atoms with van der Waals surface area (Å²) in [6.45, 7) is 0. The summed E-state index contributed by atoms with van der Waals surface area (Å²) in [5.74, 6) is 8.35. The number of nitrogens with one attached hydrogen (secondary N) is 1. The molecule has 0 aromatic heterocycles. The average Bonchev–Trinajstić information content (AvgIpc) is 3.13. The second kappa shape index (κ2) is 4.69. The first kappa shape index (κ1) is 11.2. The number of hydrazine groups is 1. The Bertz CT molecular complexity index is 373.